The molecule has 1 unspecified atom stereocenters. The van der Waals surface area contributed by atoms with Crippen LogP contribution in [-0.2, 0) is 28.7 Å². The molecule has 0 aliphatic carbocycles. The molecule has 3 aliphatic rings. The molecule has 2 aromatic rings. The van der Waals surface area contributed by atoms with Gasteiger partial charge in [0.05, 0.1) is 22.4 Å². The third-order valence-corrected chi connectivity index (χ3v) is 6.34. The van der Waals surface area contributed by atoms with Gasteiger partial charge in [0.25, 0.3) is 11.8 Å². The van der Waals surface area contributed by atoms with E-state index in [0.29, 0.717) is 17.7 Å². The SMILES string of the molecule is Cn1nccc1C1(NCc2cccc3c2C(=O)N(C2CCC(=O)NC2=O)C3=O)CNC1. The predicted molar refractivity (Wildman–Crippen MR) is 108 cm³/mol. The smallest absolute Gasteiger partial charge is 0.262 e. The number of hydrogen-bond acceptors (Lipinski definition) is 7. The molecule has 3 aliphatic heterocycles. The average Bonchev–Trinajstić information content (AvgIpc) is 3.24. The standard InChI is InChI=1S/C21H22N6O4/c1-26-15(7-8-24-26)21(10-22-11-21)23-9-12-3-2-4-13-17(12)20(31)27(19(13)30)14-5-6-16(28)25-18(14)29/h2-4,7-8,14,22-23H,5-6,9-11H2,1H3,(H,25,28,29). The third-order valence-electron chi connectivity index (χ3n) is 6.34. The Kier molecular flexibility index (Phi) is 4.49. The highest BCUT2D eigenvalue weighted by atomic mass is 16.2. The zero-order valence-electron chi connectivity index (χ0n) is 17.0. The highest BCUT2D eigenvalue weighted by molar-refractivity contribution is 6.24. The van der Waals surface area contributed by atoms with Crippen molar-refractivity contribution in [2.75, 3.05) is 13.1 Å². The van der Waals surface area contributed by atoms with Crippen molar-refractivity contribution < 1.29 is 19.2 Å². The van der Waals surface area contributed by atoms with E-state index in [9.17, 15) is 19.2 Å². The molecule has 1 aromatic heterocycles. The second kappa shape index (κ2) is 7.10. The van der Waals surface area contributed by atoms with Crippen molar-refractivity contribution in [1.29, 1.82) is 0 Å². The van der Waals surface area contributed by atoms with Crippen LogP contribution in [0.4, 0.5) is 0 Å². The monoisotopic (exact) mass is 422 g/mol. The number of nitrogens with zero attached hydrogens (tertiary/aromatic N) is 3. The number of aryl methyl sites for hydroxylation is 1. The second-order valence-corrected chi connectivity index (χ2v) is 8.17. The average molecular weight is 422 g/mol. The van der Waals surface area contributed by atoms with Gasteiger partial charge in [-0.1, -0.05) is 12.1 Å². The van der Waals surface area contributed by atoms with Gasteiger partial charge in [-0.3, -0.25) is 39.4 Å². The molecule has 0 spiro atoms. The highest BCUT2D eigenvalue weighted by Gasteiger charge is 2.46. The van der Waals surface area contributed by atoms with Crippen molar-refractivity contribution in [1.82, 2.24) is 30.6 Å². The van der Waals surface area contributed by atoms with Crippen molar-refractivity contribution in [3.8, 4) is 0 Å². The number of rotatable bonds is 5. The summed E-state index contributed by atoms with van der Waals surface area (Å²) < 4.78 is 1.82. The van der Waals surface area contributed by atoms with Crippen LogP contribution < -0.4 is 16.0 Å². The first-order valence-corrected chi connectivity index (χ1v) is 10.2. The number of nitrogens with one attached hydrogen (secondary N) is 3. The third kappa shape index (κ3) is 2.98. The topological polar surface area (TPSA) is 125 Å². The molecule has 0 bridgehead atoms. The summed E-state index contributed by atoms with van der Waals surface area (Å²) in [4.78, 5) is 51.0. The van der Waals surface area contributed by atoms with Crippen molar-refractivity contribution in [3.05, 3.63) is 52.8 Å². The molecule has 10 nitrogen and oxygen atoms in total. The largest absolute Gasteiger partial charge is 0.312 e. The lowest BCUT2D eigenvalue weighted by Gasteiger charge is -2.43. The lowest BCUT2D eigenvalue weighted by molar-refractivity contribution is -0.136. The zero-order valence-corrected chi connectivity index (χ0v) is 17.0. The first kappa shape index (κ1) is 19.6. The Bertz CT molecular complexity index is 1120. The molecule has 4 amide bonds. The summed E-state index contributed by atoms with van der Waals surface area (Å²) in [5.41, 5.74) is 2.01. The van der Waals surface area contributed by atoms with Gasteiger partial charge in [-0.25, -0.2) is 0 Å². The van der Waals surface area contributed by atoms with Crippen LogP contribution in [0.3, 0.4) is 0 Å². The van der Waals surface area contributed by atoms with E-state index in [4.69, 9.17) is 0 Å². The van der Waals surface area contributed by atoms with E-state index in [0.717, 1.165) is 23.7 Å². The van der Waals surface area contributed by atoms with Gasteiger partial charge in [0.1, 0.15) is 6.04 Å². The first-order chi connectivity index (χ1) is 14.9. The van der Waals surface area contributed by atoms with Gasteiger partial charge in [-0.2, -0.15) is 5.10 Å². The summed E-state index contributed by atoms with van der Waals surface area (Å²) in [5, 5.41) is 13.3. The summed E-state index contributed by atoms with van der Waals surface area (Å²) in [5.74, 6) is -1.99. The molecule has 1 atom stereocenters. The van der Waals surface area contributed by atoms with E-state index < -0.39 is 29.7 Å². The van der Waals surface area contributed by atoms with E-state index in [2.05, 4.69) is 21.0 Å². The van der Waals surface area contributed by atoms with Crippen LogP contribution in [0.2, 0.25) is 0 Å². The first-order valence-electron chi connectivity index (χ1n) is 10.2. The minimum Gasteiger partial charge on any atom is -0.312 e. The van der Waals surface area contributed by atoms with Gasteiger partial charge < -0.3 is 5.32 Å². The van der Waals surface area contributed by atoms with E-state index in [1.165, 1.54) is 0 Å². The van der Waals surface area contributed by atoms with Crippen LogP contribution in [0, 0.1) is 0 Å². The number of amides is 4. The molecule has 0 radical (unpaired) electrons. The normalized spacial score (nSPS) is 22.4. The molecule has 2 fully saturated rings. The van der Waals surface area contributed by atoms with Gasteiger partial charge in [0.15, 0.2) is 0 Å². The maximum Gasteiger partial charge on any atom is 0.262 e. The summed E-state index contributed by atoms with van der Waals surface area (Å²) in [6.45, 7) is 1.81. The van der Waals surface area contributed by atoms with E-state index in [1.807, 2.05) is 23.9 Å². The Morgan fingerprint density at radius 1 is 1.16 bits per heavy atom. The molecule has 0 saturated carbocycles. The lowest BCUT2D eigenvalue weighted by Crippen LogP contribution is -2.65. The number of benzene rings is 1. The lowest BCUT2D eigenvalue weighted by atomic mass is 9.87. The Hall–Kier alpha value is -3.37. The number of carbonyl (C=O) groups excluding carboxylic acids is 4. The van der Waals surface area contributed by atoms with Crippen LogP contribution in [0.1, 0.15) is 44.8 Å². The molecule has 4 heterocycles. The Morgan fingerprint density at radius 3 is 2.61 bits per heavy atom. The molecule has 31 heavy (non-hydrogen) atoms. The van der Waals surface area contributed by atoms with E-state index in [-0.39, 0.29) is 23.9 Å². The number of hydrogen-bond donors (Lipinski definition) is 3. The molecule has 3 N–H and O–H groups in total. The van der Waals surface area contributed by atoms with Gasteiger partial charge in [-0.15, -0.1) is 0 Å². The maximum absolute atomic E-state index is 13.2. The van der Waals surface area contributed by atoms with Gasteiger partial charge >= 0.3 is 0 Å². The minimum absolute atomic E-state index is 0.0957. The fraction of sp³-hybridized carbons (Fsp3) is 0.381. The van der Waals surface area contributed by atoms with Crippen molar-refractivity contribution in [2.24, 2.45) is 7.05 Å². The van der Waals surface area contributed by atoms with Crippen LogP contribution >= 0.6 is 0 Å². The molecule has 5 rings (SSSR count). The number of piperidine rings is 1. The fourth-order valence-electron chi connectivity index (χ4n) is 4.61. The Labute approximate surface area is 178 Å². The molecule has 2 saturated heterocycles. The minimum atomic E-state index is -0.970. The summed E-state index contributed by atoms with van der Waals surface area (Å²) in [6.07, 6.45) is 1.98. The number of imide groups is 2. The summed E-state index contributed by atoms with van der Waals surface area (Å²) >= 11 is 0. The maximum atomic E-state index is 13.2. The molecule has 10 heteroatoms. The summed E-state index contributed by atoms with van der Waals surface area (Å²) in [6, 6.07) is 6.15. The predicted octanol–water partition coefficient (Wildman–Crippen LogP) is -0.590. The van der Waals surface area contributed by atoms with Crippen LogP contribution in [-0.4, -0.2) is 57.4 Å². The fourth-order valence-corrected chi connectivity index (χ4v) is 4.61. The number of carbonyl (C=O) groups is 4. The highest BCUT2D eigenvalue weighted by Crippen LogP contribution is 2.31. The van der Waals surface area contributed by atoms with E-state index >= 15 is 0 Å². The summed E-state index contributed by atoms with van der Waals surface area (Å²) in [7, 11) is 1.89. The van der Waals surface area contributed by atoms with Crippen molar-refractivity contribution >= 4 is 23.6 Å². The number of fused-ring (bicyclic) bond motifs is 1. The van der Waals surface area contributed by atoms with Gasteiger partial charge in [-0.05, 0) is 24.1 Å². The van der Waals surface area contributed by atoms with Crippen molar-refractivity contribution in [2.45, 2.75) is 31.0 Å². The van der Waals surface area contributed by atoms with Gasteiger partial charge in [0.2, 0.25) is 11.8 Å². The Morgan fingerprint density at radius 2 is 1.97 bits per heavy atom. The number of aromatic nitrogens is 2. The molecule has 160 valence electrons. The second-order valence-electron chi connectivity index (χ2n) is 8.17. The quantitative estimate of drug-likeness (QED) is 0.550. The van der Waals surface area contributed by atoms with Gasteiger partial charge in [0, 0.05) is 39.3 Å². The molecular weight excluding hydrogens is 400 g/mol. The Balaban J connectivity index is 1.42. The molecular formula is C21H22N6O4. The molecule has 1 aromatic carbocycles. The van der Waals surface area contributed by atoms with Crippen LogP contribution in [0.25, 0.3) is 0 Å². The van der Waals surface area contributed by atoms with Crippen molar-refractivity contribution in [3.63, 3.8) is 0 Å². The van der Waals surface area contributed by atoms with E-state index in [1.54, 1.807) is 18.3 Å². The zero-order chi connectivity index (χ0) is 21.8. The van der Waals surface area contributed by atoms with Crippen LogP contribution in [0.5, 0.6) is 0 Å². The van der Waals surface area contributed by atoms with Crippen LogP contribution in [0.15, 0.2) is 30.5 Å².